The highest BCUT2D eigenvalue weighted by atomic mass is 32.1. The molecule has 2 rings (SSSR count). The molecule has 4 heteroatoms. The molecule has 0 saturated carbocycles. The largest absolute Gasteiger partial charge is 0.311 e. The molecule has 0 aliphatic carbocycles. The van der Waals surface area contributed by atoms with Gasteiger partial charge in [0, 0.05) is 36.8 Å². The molecular weight excluding hydrogens is 242 g/mol. The smallest absolute Gasteiger partial charge is 0.107 e. The van der Waals surface area contributed by atoms with Crippen LogP contribution in [0.2, 0.25) is 0 Å². The summed E-state index contributed by atoms with van der Waals surface area (Å²) in [6, 6.07) is 1.30. The van der Waals surface area contributed by atoms with Crippen molar-refractivity contribution in [2.75, 3.05) is 13.1 Å². The van der Waals surface area contributed by atoms with Crippen molar-refractivity contribution in [3.8, 4) is 0 Å². The molecule has 0 radical (unpaired) electrons. The summed E-state index contributed by atoms with van der Waals surface area (Å²) < 4.78 is 0. The van der Waals surface area contributed by atoms with Crippen LogP contribution in [0.15, 0.2) is 11.6 Å². The topological polar surface area (TPSA) is 28.2 Å². The first kappa shape index (κ1) is 14.0. The summed E-state index contributed by atoms with van der Waals surface area (Å²) in [5.74, 6) is 0.700. The number of nitrogens with one attached hydrogen (secondary N) is 1. The van der Waals surface area contributed by atoms with Crippen LogP contribution >= 0.6 is 11.3 Å². The second-order valence-corrected chi connectivity index (χ2v) is 6.54. The van der Waals surface area contributed by atoms with Crippen LogP contribution in [0.4, 0.5) is 0 Å². The molecule has 1 saturated heterocycles. The van der Waals surface area contributed by atoms with Crippen LogP contribution in [-0.4, -0.2) is 35.1 Å². The molecule has 18 heavy (non-hydrogen) atoms. The van der Waals surface area contributed by atoms with Gasteiger partial charge in [0.2, 0.25) is 0 Å². The zero-order chi connectivity index (χ0) is 13.0. The van der Waals surface area contributed by atoms with Crippen molar-refractivity contribution in [3.05, 3.63) is 16.6 Å². The number of piperazine rings is 1. The van der Waals surface area contributed by atoms with E-state index in [1.165, 1.54) is 17.8 Å². The van der Waals surface area contributed by atoms with E-state index in [2.05, 4.69) is 41.4 Å². The molecule has 0 amide bonds. The molecular formula is C14H25N3S. The van der Waals surface area contributed by atoms with Crippen molar-refractivity contribution < 1.29 is 0 Å². The summed E-state index contributed by atoms with van der Waals surface area (Å²) in [6.45, 7) is 10.2. The fraction of sp³-hybridized carbons (Fsp3) is 0.786. The van der Waals surface area contributed by atoms with Crippen LogP contribution in [0, 0.1) is 5.92 Å². The lowest BCUT2D eigenvalue weighted by Gasteiger charge is -2.41. The lowest BCUT2D eigenvalue weighted by molar-refractivity contribution is 0.0996. The van der Waals surface area contributed by atoms with Gasteiger partial charge in [-0.25, -0.2) is 4.98 Å². The van der Waals surface area contributed by atoms with Crippen LogP contribution < -0.4 is 5.32 Å². The first-order chi connectivity index (χ1) is 8.70. The molecule has 2 atom stereocenters. The summed E-state index contributed by atoms with van der Waals surface area (Å²) >= 11 is 1.77. The third kappa shape index (κ3) is 3.53. The maximum absolute atomic E-state index is 4.43. The zero-order valence-corrected chi connectivity index (χ0v) is 12.5. The Morgan fingerprint density at radius 1 is 1.56 bits per heavy atom. The quantitative estimate of drug-likeness (QED) is 0.889. The van der Waals surface area contributed by atoms with E-state index in [1.54, 1.807) is 11.3 Å². The van der Waals surface area contributed by atoms with Gasteiger partial charge in [0.25, 0.3) is 0 Å². The second kappa shape index (κ2) is 6.64. The lowest BCUT2D eigenvalue weighted by Crippen LogP contribution is -2.57. The number of rotatable bonds is 5. The minimum atomic E-state index is 0.623. The van der Waals surface area contributed by atoms with Crippen molar-refractivity contribution in [2.24, 2.45) is 5.92 Å². The van der Waals surface area contributed by atoms with Gasteiger partial charge in [0.1, 0.15) is 5.01 Å². The van der Waals surface area contributed by atoms with Crippen LogP contribution in [0.25, 0.3) is 0 Å². The van der Waals surface area contributed by atoms with Gasteiger partial charge in [-0.3, -0.25) is 4.90 Å². The third-order valence-corrected chi connectivity index (χ3v) is 4.58. The molecule has 1 aliphatic heterocycles. The molecule has 1 fully saturated rings. The van der Waals surface area contributed by atoms with Gasteiger partial charge in [0.15, 0.2) is 0 Å². The SMILES string of the molecule is CCCC1CNC(C(C)C)CN1Cc1nccs1. The first-order valence-electron chi connectivity index (χ1n) is 7.06. The van der Waals surface area contributed by atoms with Crippen molar-refractivity contribution in [1.82, 2.24) is 15.2 Å². The van der Waals surface area contributed by atoms with E-state index in [0.29, 0.717) is 18.0 Å². The van der Waals surface area contributed by atoms with Crippen LogP contribution in [-0.2, 0) is 6.54 Å². The highest BCUT2D eigenvalue weighted by Gasteiger charge is 2.29. The van der Waals surface area contributed by atoms with Gasteiger partial charge in [-0.2, -0.15) is 0 Å². The normalized spacial score (nSPS) is 25.8. The summed E-state index contributed by atoms with van der Waals surface area (Å²) in [5, 5.41) is 7.03. The minimum absolute atomic E-state index is 0.623. The fourth-order valence-electron chi connectivity index (χ4n) is 2.65. The van der Waals surface area contributed by atoms with E-state index in [9.17, 15) is 0 Å². The van der Waals surface area contributed by atoms with E-state index in [0.717, 1.165) is 19.6 Å². The molecule has 2 heterocycles. The van der Waals surface area contributed by atoms with Crippen LogP contribution in [0.1, 0.15) is 38.6 Å². The number of hydrogen-bond acceptors (Lipinski definition) is 4. The second-order valence-electron chi connectivity index (χ2n) is 5.56. The monoisotopic (exact) mass is 267 g/mol. The van der Waals surface area contributed by atoms with Gasteiger partial charge < -0.3 is 5.32 Å². The van der Waals surface area contributed by atoms with Gasteiger partial charge in [-0.1, -0.05) is 27.2 Å². The standard InChI is InChI=1S/C14H25N3S/c1-4-5-12-8-16-13(11(2)3)9-17(12)10-14-15-6-7-18-14/h6-7,11-13,16H,4-5,8-10H2,1-3H3. The van der Waals surface area contributed by atoms with Gasteiger partial charge in [0.05, 0.1) is 6.54 Å². The van der Waals surface area contributed by atoms with Crippen molar-refractivity contribution in [2.45, 2.75) is 52.2 Å². The number of thiazole rings is 1. The average molecular weight is 267 g/mol. The Bertz CT molecular complexity index is 337. The Balaban J connectivity index is 2.00. The predicted molar refractivity (Wildman–Crippen MR) is 77.8 cm³/mol. The lowest BCUT2D eigenvalue weighted by atomic mass is 9.97. The molecule has 1 aromatic heterocycles. The predicted octanol–water partition coefficient (Wildman–Crippen LogP) is 2.74. The van der Waals surface area contributed by atoms with E-state index >= 15 is 0 Å². The van der Waals surface area contributed by atoms with Crippen LogP contribution in [0.3, 0.4) is 0 Å². The van der Waals surface area contributed by atoms with E-state index in [1.807, 2.05) is 6.20 Å². The van der Waals surface area contributed by atoms with Crippen molar-refractivity contribution in [3.63, 3.8) is 0 Å². The van der Waals surface area contributed by atoms with Gasteiger partial charge in [-0.15, -0.1) is 11.3 Å². The maximum Gasteiger partial charge on any atom is 0.107 e. The van der Waals surface area contributed by atoms with Crippen molar-refractivity contribution in [1.29, 1.82) is 0 Å². The Kier molecular flexibility index (Phi) is 5.15. The summed E-state index contributed by atoms with van der Waals surface area (Å²) in [6.07, 6.45) is 4.45. The molecule has 1 N–H and O–H groups in total. The molecule has 0 bridgehead atoms. The van der Waals surface area contributed by atoms with E-state index in [4.69, 9.17) is 0 Å². The van der Waals surface area contributed by atoms with E-state index < -0.39 is 0 Å². The average Bonchev–Trinajstić information content (AvgIpc) is 2.84. The highest BCUT2D eigenvalue weighted by Crippen LogP contribution is 2.19. The molecule has 2 unspecified atom stereocenters. The molecule has 3 nitrogen and oxygen atoms in total. The zero-order valence-electron chi connectivity index (χ0n) is 11.7. The number of hydrogen-bond donors (Lipinski definition) is 1. The van der Waals surface area contributed by atoms with E-state index in [-0.39, 0.29) is 0 Å². The Labute approximate surface area is 115 Å². The number of nitrogens with zero attached hydrogens (tertiary/aromatic N) is 2. The first-order valence-corrected chi connectivity index (χ1v) is 7.94. The Hall–Kier alpha value is -0.450. The minimum Gasteiger partial charge on any atom is -0.311 e. The maximum atomic E-state index is 4.43. The molecule has 1 aromatic rings. The number of aromatic nitrogens is 1. The summed E-state index contributed by atoms with van der Waals surface area (Å²) in [5.41, 5.74) is 0. The molecule has 102 valence electrons. The third-order valence-electron chi connectivity index (χ3n) is 3.81. The van der Waals surface area contributed by atoms with Gasteiger partial charge >= 0.3 is 0 Å². The summed E-state index contributed by atoms with van der Waals surface area (Å²) in [7, 11) is 0. The fourth-order valence-corrected chi connectivity index (χ4v) is 3.29. The Morgan fingerprint density at radius 2 is 2.39 bits per heavy atom. The highest BCUT2D eigenvalue weighted by molar-refractivity contribution is 7.09. The van der Waals surface area contributed by atoms with Crippen molar-refractivity contribution >= 4 is 11.3 Å². The van der Waals surface area contributed by atoms with Crippen LogP contribution in [0.5, 0.6) is 0 Å². The molecule has 1 aliphatic rings. The van der Waals surface area contributed by atoms with Gasteiger partial charge in [-0.05, 0) is 12.3 Å². The molecule has 0 aromatic carbocycles. The summed E-state index contributed by atoms with van der Waals surface area (Å²) in [4.78, 5) is 7.06. The molecule has 0 spiro atoms. The Morgan fingerprint density at radius 3 is 3.00 bits per heavy atom.